The lowest BCUT2D eigenvalue weighted by Crippen LogP contribution is -2.23. The van der Waals surface area contributed by atoms with E-state index in [1.807, 2.05) is 37.3 Å². The van der Waals surface area contributed by atoms with Crippen molar-refractivity contribution in [1.29, 1.82) is 0 Å². The third-order valence-corrected chi connectivity index (χ3v) is 3.33. The first-order chi connectivity index (χ1) is 9.08. The molecule has 0 aliphatic heterocycles. The molecule has 2 atom stereocenters. The van der Waals surface area contributed by atoms with E-state index in [4.69, 9.17) is 0 Å². The third-order valence-electron chi connectivity index (χ3n) is 3.33. The first-order valence-corrected chi connectivity index (χ1v) is 6.51. The third kappa shape index (κ3) is 3.38. The summed E-state index contributed by atoms with van der Waals surface area (Å²) in [4.78, 5) is 4.32. The molecule has 1 aromatic carbocycles. The second kappa shape index (κ2) is 5.93. The van der Waals surface area contributed by atoms with Crippen LogP contribution >= 0.6 is 0 Å². The standard InChI is InChI=1S/C16H19FN2/c1-11-7-8-14(10-15(11)17)12(2)19-13(3)16-6-4-5-9-18-16/h4-10,12-13,19H,1-3H3. The van der Waals surface area contributed by atoms with Gasteiger partial charge in [0.05, 0.1) is 5.69 Å². The van der Waals surface area contributed by atoms with Crippen molar-refractivity contribution in [2.45, 2.75) is 32.9 Å². The Morgan fingerprint density at radius 1 is 1.11 bits per heavy atom. The summed E-state index contributed by atoms with van der Waals surface area (Å²) in [5.74, 6) is -0.156. The second-order valence-corrected chi connectivity index (χ2v) is 4.87. The monoisotopic (exact) mass is 258 g/mol. The topological polar surface area (TPSA) is 24.9 Å². The molecule has 0 amide bonds. The molecule has 0 aliphatic rings. The average Bonchev–Trinajstić information content (AvgIpc) is 2.42. The molecular weight excluding hydrogens is 239 g/mol. The minimum Gasteiger partial charge on any atom is -0.302 e. The highest BCUT2D eigenvalue weighted by Crippen LogP contribution is 2.20. The molecule has 0 aliphatic carbocycles. The Morgan fingerprint density at radius 2 is 1.89 bits per heavy atom. The number of nitrogens with one attached hydrogen (secondary N) is 1. The van der Waals surface area contributed by atoms with E-state index in [1.54, 1.807) is 19.2 Å². The zero-order valence-electron chi connectivity index (χ0n) is 11.5. The molecule has 2 unspecified atom stereocenters. The molecule has 0 bridgehead atoms. The number of halogens is 1. The summed E-state index contributed by atoms with van der Waals surface area (Å²) in [7, 11) is 0. The lowest BCUT2D eigenvalue weighted by Gasteiger charge is -2.20. The van der Waals surface area contributed by atoms with Gasteiger partial charge in [0, 0.05) is 18.3 Å². The molecule has 2 aromatic rings. The van der Waals surface area contributed by atoms with Crippen LogP contribution in [0, 0.1) is 12.7 Å². The first kappa shape index (κ1) is 13.7. The highest BCUT2D eigenvalue weighted by atomic mass is 19.1. The van der Waals surface area contributed by atoms with Gasteiger partial charge in [-0.1, -0.05) is 18.2 Å². The number of benzene rings is 1. The Hall–Kier alpha value is -1.74. The smallest absolute Gasteiger partial charge is 0.126 e. The van der Waals surface area contributed by atoms with Crippen molar-refractivity contribution in [1.82, 2.24) is 10.3 Å². The summed E-state index contributed by atoms with van der Waals surface area (Å²) in [5, 5.41) is 3.43. The predicted molar refractivity (Wildman–Crippen MR) is 75.3 cm³/mol. The van der Waals surface area contributed by atoms with E-state index in [0.717, 1.165) is 11.3 Å². The summed E-state index contributed by atoms with van der Waals surface area (Å²) in [6, 6.07) is 11.4. The van der Waals surface area contributed by atoms with Gasteiger partial charge in [0.1, 0.15) is 5.82 Å². The number of aryl methyl sites for hydroxylation is 1. The van der Waals surface area contributed by atoms with Crippen molar-refractivity contribution < 1.29 is 4.39 Å². The van der Waals surface area contributed by atoms with Crippen LogP contribution in [0.25, 0.3) is 0 Å². The van der Waals surface area contributed by atoms with E-state index in [2.05, 4.69) is 17.2 Å². The lowest BCUT2D eigenvalue weighted by molar-refractivity contribution is 0.483. The number of hydrogen-bond donors (Lipinski definition) is 1. The van der Waals surface area contributed by atoms with Gasteiger partial charge in [-0.25, -0.2) is 4.39 Å². The molecule has 0 saturated heterocycles. The number of hydrogen-bond acceptors (Lipinski definition) is 2. The molecular formula is C16H19FN2. The van der Waals surface area contributed by atoms with E-state index in [0.29, 0.717) is 5.56 Å². The molecule has 100 valence electrons. The summed E-state index contributed by atoms with van der Waals surface area (Å²) >= 11 is 0. The summed E-state index contributed by atoms with van der Waals surface area (Å²) in [5.41, 5.74) is 2.61. The SMILES string of the molecule is Cc1ccc(C(C)NC(C)c2ccccn2)cc1F. The predicted octanol–water partition coefficient (Wildman–Crippen LogP) is 3.94. The average molecular weight is 258 g/mol. The van der Waals surface area contributed by atoms with E-state index in [9.17, 15) is 4.39 Å². The van der Waals surface area contributed by atoms with Crippen molar-refractivity contribution in [3.05, 3.63) is 65.2 Å². The zero-order chi connectivity index (χ0) is 13.8. The molecule has 0 spiro atoms. The second-order valence-electron chi connectivity index (χ2n) is 4.87. The van der Waals surface area contributed by atoms with Crippen molar-refractivity contribution in [3.63, 3.8) is 0 Å². The molecule has 2 nitrogen and oxygen atoms in total. The van der Waals surface area contributed by atoms with Crippen LogP contribution in [0.15, 0.2) is 42.6 Å². The molecule has 19 heavy (non-hydrogen) atoms. The molecule has 1 aromatic heterocycles. The van der Waals surface area contributed by atoms with Gasteiger partial charge >= 0.3 is 0 Å². The fraction of sp³-hybridized carbons (Fsp3) is 0.312. The summed E-state index contributed by atoms with van der Waals surface area (Å²) in [6.07, 6.45) is 1.78. The molecule has 0 radical (unpaired) electrons. The van der Waals surface area contributed by atoms with Crippen molar-refractivity contribution in [3.8, 4) is 0 Å². The quantitative estimate of drug-likeness (QED) is 0.898. The van der Waals surface area contributed by atoms with E-state index in [1.165, 1.54) is 0 Å². The Kier molecular flexibility index (Phi) is 4.27. The maximum Gasteiger partial charge on any atom is 0.126 e. The van der Waals surface area contributed by atoms with E-state index < -0.39 is 0 Å². The van der Waals surface area contributed by atoms with Gasteiger partial charge in [-0.15, -0.1) is 0 Å². The highest BCUT2D eigenvalue weighted by Gasteiger charge is 2.12. The van der Waals surface area contributed by atoms with Crippen LogP contribution < -0.4 is 5.32 Å². The number of pyridine rings is 1. The van der Waals surface area contributed by atoms with Crippen LogP contribution in [0.2, 0.25) is 0 Å². The molecule has 2 rings (SSSR count). The highest BCUT2D eigenvalue weighted by molar-refractivity contribution is 5.25. The van der Waals surface area contributed by atoms with Gasteiger partial charge in [0.2, 0.25) is 0 Å². The van der Waals surface area contributed by atoms with Crippen molar-refractivity contribution in [2.24, 2.45) is 0 Å². The van der Waals surface area contributed by atoms with Gasteiger partial charge in [-0.05, 0) is 50.1 Å². The fourth-order valence-corrected chi connectivity index (χ4v) is 2.07. The Bertz CT molecular complexity index is 540. The maximum absolute atomic E-state index is 13.6. The van der Waals surface area contributed by atoms with Crippen LogP contribution in [-0.4, -0.2) is 4.98 Å². The van der Waals surface area contributed by atoms with Crippen LogP contribution in [0.1, 0.15) is 42.8 Å². The normalized spacial score (nSPS) is 14.1. The van der Waals surface area contributed by atoms with Crippen LogP contribution in [0.4, 0.5) is 4.39 Å². The number of rotatable bonds is 4. The molecule has 1 N–H and O–H groups in total. The minimum absolute atomic E-state index is 0.0760. The Balaban J connectivity index is 2.08. The Labute approximate surface area is 113 Å². The van der Waals surface area contributed by atoms with E-state index >= 15 is 0 Å². The molecule has 0 saturated carbocycles. The van der Waals surface area contributed by atoms with Crippen LogP contribution in [0.5, 0.6) is 0 Å². The zero-order valence-corrected chi connectivity index (χ0v) is 11.5. The Morgan fingerprint density at radius 3 is 2.53 bits per heavy atom. The van der Waals surface area contributed by atoms with E-state index in [-0.39, 0.29) is 17.9 Å². The van der Waals surface area contributed by atoms with Crippen molar-refractivity contribution >= 4 is 0 Å². The van der Waals surface area contributed by atoms with Gasteiger partial charge in [0.25, 0.3) is 0 Å². The number of aromatic nitrogens is 1. The maximum atomic E-state index is 13.6. The van der Waals surface area contributed by atoms with Crippen molar-refractivity contribution in [2.75, 3.05) is 0 Å². The van der Waals surface area contributed by atoms with Crippen LogP contribution in [0.3, 0.4) is 0 Å². The van der Waals surface area contributed by atoms with Gasteiger partial charge in [-0.3, -0.25) is 4.98 Å². The largest absolute Gasteiger partial charge is 0.302 e. The molecule has 3 heteroatoms. The minimum atomic E-state index is -0.156. The summed E-state index contributed by atoms with van der Waals surface area (Å²) < 4.78 is 13.6. The summed E-state index contributed by atoms with van der Waals surface area (Å²) in [6.45, 7) is 5.86. The number of nitrogens with zero attached hydrogens (tertiary/aromatic N) is 1. The van der Waals surface area contributed by atoms with Gasteiger partial charge in [0.15, 0.2) is 0 Å². The lowest BCUT2D eigenvalue weighted by atomic mass is 10.0. The first-order valence-electron chi connectivity index (χ1n) is 6.51. The molecule has 0 fully saturated rings. The fourth-order valence-electron chi connectivity index (χ4n) is 2.07. The van der Waals surface area contributed by atoms with Crippen LogP contribution in [-0.2, 0) is 0 Å². The van der Waals surface area contributed by atoms with Gasteiger partial charge in [-0.2, -0.15) is 0 Å². The molecule has 1 heterocycles. The van der Waals surface area contributed by atoms with Gasteiger partial charge < -0.3 is 5.32 Å².